The number of hydrogen-bond acceptors (Lipinski definition) is 6. The number of amides is 1. The average molecular weight is 328 g/mol. The van der Waals surface area contributed by atoms with Crippen LogP contribution >= 0.6 is 11.8 Å². The number of carbonyl (C=O) groups excluding carboxylic acids is 1. The van der Waals surface area contributed by atoms with Crippen LogP contribution in [-0.2, 0) is 9.59 Å². The van der Waals surface area contributed by atoms with Crippen LogP contribution in [0, 0.1) is 0 Å². The molecule has 0 spiro atoms. The van der Waals surface area contributed by atoms with E-state index in [0.29, 0.717) is 24.6 Å². The molecule has 1 rings (SSSR count). The van der Waals surface area contributed by atoms with Crippen molar-refractivity contribution in [1.29, 1.82) is 0 Å². The molecule has 0 aliphatic rings. The van der Waals surface area contributed by atoms with E-state index in [1.54, 1.807) is 20.3 Å². The molecule has 0 unspecified atom stereocenters. The molecule has 3 N–H and O–H groups in total. The van der Waals surface area contributed by atoms with E-state index in [-0.39, 0.29) is 17.4 Å². The Kier molecular flexibility index (Phi) is 7.98. The zero-order chi connectivity index (χ0) is 16.4. The number of carboxylic acid groups (broad SMARTS) is 1. The largest absolute Gasteiger partial charge is 0.497 e. The van der Waals surface area contributed by atoms with Crippen molar-refractivity contribution >= 4 is 29.3 Å². The summed E-state index contributed by atoms with van der Waals surface area (Å²) in [6, 6.07) is 5.42. The lowest BCUT2D eigenvalue weighted by molar-refractivity contribution is -0.133. The first-order chi connectivity index (χ1) is 10.5. The molecular formula is C14H20N2O5S. The highest BCUT2D eigenvalue weighted by molar-refractivity contribution is 8.00. The van der Waals surface area contributed by atoms with Gasteiger partial charge in [0.25, 0.3) is 0 Å². The Morgan fingerprint density at radius 3 is 2.27 bits per heavy atom. The molecule has 0 aromatic heterocycles. The number of nitrogens with one attached hydrogen (secondary N) is 2. The Labute approximate surface area is 133 Å². The van der Waals surface area contributed by atoms with Gasteiger partial charge in [0, 0.05) is 37.0 Å². The van der Waals surface area contributed by atoms with Crippen molar-refractivity contribution in [3.8, 4) is 11.5 Å². The Balaban J connectivity index is 2.29. The molecule has 22 heavy (non-hydrogen) atoms. The molecule has 1 aromatic rings. The first kappa shape index (κ1) is 18.0. The fraction of sp³-hybridized carbons (Fsp3) is 0.429. The van der Waals surface area contributed by atoms with Crippen LogP contribution in [0.4, 0.5) is 5.69 Å². The quantitative estimate of drug-likeness (QED) is 0.552. The Bertz CT molecular complexity index is 488. The molecule has 0 saturated heterocycles. The first-order valence-electron chi connectivity index (χ1n) is 6.58. The summed E-state index contributed by atoms with van der Waals surface area (Å²) in [6.07, 6.45) is 0. The van der Waals surface area contributed by atoms with Gasteiger partial charge in [0.15, 0.2) is 0 Å². The SMILES string of the molecule is COc1cc(NCCNC(=O)CSCC(=O)O)cc(OC)c1. The molecule has 0 radical (unpaired) electrons. The predicted molar refractivity (Wildman–Crippen MR) is 86.0 cm³/mol. The van der Waals surface area contributed by atoms with Gasteiger partial charge in [-0.05, 0) is 0 Å². The summed E-state index contributed by atoms with van der Waals surface area (Å²) in [5.41, 5.74) is 0.825. The van der Waals surface area contributed by atoms with E-state index in [2.05, 4.69) is 10.6 Å². The second-order valence-electron chi connectivity index (χ2n) is 4.26. The number of rotatable bonds is 10. The molecule has 0 saturated carbocycles. The second-order valence-corrected chi connectivity index (χ2v) is 5.25. The van der Waals surface area contributed by atoms with Crippen LogP contribution in [0.1, 0.15) is 0 Å². The number of ether oxygens (including phenoxy) is 2. The van der Waals surface area contributed by atoms with Crippen molar-refractivity contribution in [2.45, 2.75) is 0 Å². The molecule has 7 nitrogen and oxygen atoms in total. The maximum atomic E-state index is 11.4. The maximum absolute atomic E-state index is 11.4. The fourth-order valence-electron chi connectivity index (χ4n) is 1.60. The van der Waals surface area contributed by atoms with E-state index in [0.717, 1.165) is 17.4 Å². The van der Waals surface area contributed by atoms with Gasteiger partial charge < -0.3 is 25.2 Å². The minimum atomic E-state index is -0.925. The zero-order valence-corrected chi connectivity index (χ0v) is 13.4. The summed E-state index contributed by atoms with van der Waals surface area (Å²) < 4.78 is 10.3. The smallest absolute Gasteiger partial charge is 0.313 e. The Morgan fingerprint density at radius 1 is 1.09 bits per heavy atom. The van der Waals surface area contributed by atoms with E-state index in [9.17, 15) is 9.59 Å². The van der Waals surface area contributed by atoms with Crippen LogP contribution in [0.3, 0.4) is 0 Å². The molecule has 0 fully saturated rings. The summed E-state index contributed by atoms with van der Waals surface area (Å²) in [6.45, 7) is 0.970. The van der Waals surface area contributed by atoms with Crippen LogP contribution in [0.25, 0.3) is 0 Å². The van der Waals surface area contributed by atoms with Crippen molar-refractivity contribution in [2.24, 2.45) is 0 Å². The monoisotopic (exact) mass is 328 g/mol. The number of aliphatic carboxylic acids is 1. The molecular weight excluding hydrogens is 308 g/mol. The van der Waals surface area contributed by atoms with Gasteiger partial charge in [-0.3, -0.25) is 9.59 Å². The molecule has 1 aromatic carbocycles. The lowest BCUT2D eigenvalue weighted by Crippen LogP contribution is -2.30. The normalized spacial score (nSPS) is 9.91. The average Bonchev–Trinajstić information content (AvgIpc) is 2.50. The molecule has 0 atom stereocenters. The highest BCUT2D eigenvalue weighted by Crippen LogP contribution is 2.25. The zero-order valence-electron chi connectivity index (χ0n) is 12.5. The van der Waals surface area contributed by atoms with Crippen LogP contribution in [0.2, 0.25) is 0 Å². The number of methoxy groups -OCH3 is 2. The second kappa shape index (κ2) is 9.78. The third kappa shape index (κ3) is 7.07. The van der Waals surface area contributed by atoms with Crippen molar-refractivity contribution in [3.05, 3.63) is 18.2 Å². The van der Waals surface area contributed by atoms with Crippen LogP contribution in [0.15, 0.2) is 18.2 Å². The summed E-state index contributed by atoms with van der Waals surface area (Å²) in [5.74, 6) is 0.309. The summed E-state index contributed by atoms with van der Waals surface area (Å²) in [7, 11) is 3.15. The molecule has 0 heterocycles. The molecule has 8 heteroatoms. The maximum Gasteiger partial charge on any atom is 0.313 e. The van der Waals surface area contributed by atoms with Crippen molar-refractivity contribution in [3.63, 3.8) is 0 Å². The van der Waals surface area contributed by atoms with Gasteiger partial charge >= 0.3 is 5.97 Å². The highest BCUT2D eigenvalue weighted by Gasteiger charge is 2.04. The lowest BCUT2D eigenvalue weighted by atomic mass is 10.2. The third-order valence-corrected chi connectivity index (χ3v) is 3.50. The first-order valence-corrected chi connectivity index (χ1v) is 7.73. The lowest BCUT2D eigenvalue weighted by Gasteiger charge is -2.11. The Hall–Kier alpha value is -2.09. The van der Waals surface area contributed by atoms with Crippen molar-refractivity contribution in [2.75, 3.05) is 44.1 Å². The fourth-order valence-corrected chi connectivity index (χ4v) is 2.16. The van der Waals surface area contributed by atoms with E-state index in [1.807, 2.05) is 12.1 Å². The number of carbonyl (C=O) groups is 2. The van der Waals surface area contributed by atoms with Gasteiger partial charge in [0.05, 0.1) is 25.7 Å². The van der Waals surface area contributed by atoms with Crippen LogP contribution < -0.4 is 20.1 Å². The van der Waals surface area contributed by atoms with E-state index < -0.39 is 5.97 Å². The number of anilines is 1. The van der Waals surface area contributed by atoms with Crippen molar-refractivity contribution < 1.29 is 24.2 Å². The number of benzene rings is 1. The van der Waals surface area contributed by atoms with Gasteiger partial charge in [-0.2, -0.15) is 0 Å². The van der Waals surface area contributed by atoms with E-state index in [4.69, 9.17) is 14.6 Å². The standard InChI is InChI=1S/C14H20N2O5S/c1-20-11-5-10(6-12(7-11)21-2)15-3-4-16-13(17)8-22-9-14(18)19/h5-7,15H,3-4,8-9H2,1-2H3,(H,16,17)(H,18,19). The van der Waals surface area contributed by atoms with Gasteiger partial charge in [0.2, 0.25) is 5.91 Å². The molecule has 0 aliphatic carbocycles. The van der Waals surface area contributed by atoms with E-state index >= 15 is 0 Å². The minimum absolute atomic E-state index is 0.0741. The topological polar surface area (TPSA) is 96.9 Å². The summed E-state index contributed by atoms with van der Waals surface area (Å²) in [5, 5.41) is 14.3. The van der Waals surface area contributed by atoms with Gasteiger partial charge in [-0.15, -0.1) is 11.8 Å². The van der Waals surface area contributed by atoms with Crippen molar-refractivity contribution in [1.82, 2.24) is 5.32 Å². The minimum Gasteiger partial charge on any atom is -0.497 e. The number of carboxylic acids is 1. The van der Waals surface area contributed by atoms with Gasteiger partial charge in [-0.1, -0.05) is 0 Å². The molecule has 0 aliphatic heterocycles. The van der Waals surface area contributed by atoms with Crippen LogP contribution in [0.5, 0.6) is 11.5 Å². The molecule has 1 amide bonds. The summed E-state index contributed by atoms with van der Waals surface area (Å²) in [4.78, 5) is 21.8. The third-order valence-electron chi connectivity index (χ3n) is 2.59. The number of hydrogen-bond donors (Lipinski definition) is 3. The predicted octanol–water partition coefficient (Wildman–Crippen LogP) is 1.05. The summed E-state index contributed by atoms with van der Waals surface area (Å²) >= 11 is 1.07. The van der Waals surface area contributed by atoms with E-state index in [1.165, 1.54) is 0 Å². The number of thioether (sulfide) groups is 1. The molecule has 122 valence electrons. The molecule has 0 bridgehead atoms. The highest BCUT2D eigenvalue weighted by atomic mass is 32.2. The Morgan fingerprint density at radius 2 is 1.73 bits per heavy atom. The van der Waals surface area contributed by atoms with Crippen LogP contribution in [-0.4, -0.2) is 55.8 Å². The van der Waals surface area contributed by atoms with Gasteiger partial charge in [0.1, 0.15) is 11.5 Å². The van der Waals surface area contributed by atoms with Gasteiger partial charge in [-0.25, -0.2) is 0 Å².